The number of aliphatic hydroxyl groups is 1. The SMILES string of the molecule is CC(O)c1ccc(-n2cc(I)cn2)cc1. The molecule has 0 radical (unpaired) electrons. The number of hydrogen-bond acceptors (Lipinski definition) is 2. The molecule has 2 rings (SSSR count). The van der Waals surface area contributed by atoms with Crippen LogP contribution < -0.4 is 0 Å². The van der Waals surface area contributed by atoms with Crippen LogP contribution in [-0.2, 0) is 0 Å². The molecule has 1 atom stereocenters. The molecule has 0 saturated carbocycles. The van der Waals surface area contributed by atoms with Gasteiger partial charge >= 0.3 is 0 Å². The van der Waals surface area contributed by atoms with Crippen LogP contribution in [0.3, 0.4) is 0 Å². The van der Waals surface area contributed by atoms with Crippen molar-refractivity contribution >= 4 is 22.6 Å². The zero-order chi connectivity index (χ0) is 10.8. The number of halogens is 1. The summed E-state index contributed by atoms with van der Waals surface area (Å²) in [6, 6.07) is 7.72. The van der Waals surface area contributed by atoms with Crippen LogP contribution >= 0.6 is 22.6 Å². The van der Waals surface area contributed by atoms with Gasteiger partial charge in [0.15, 0.2) is 0 Å². The Kier molecular flexibility index (Phi) is 3.06. The van der Waals surface area contributed by atoms with E-state index in [4.69, 9.17) is 0 Å². The molecule has 0 amide bonds. The van der Waals surface area contributed by atoms with Crippen molar-refractivity contribution in [2.24, 2.45) is 0 Å². The van der Waals surface area contributed by atoms with Crippen LogP contribution in [0.1, 0.15) is 18.6 Å². The summed E-state index contributed by atoms with van der Waals surface area (Å²) in [5, 5.41) is 13.6. The number of benzene rings is 1. The average Bonchev–Trinajstić information content (AvgIpc) is 2.65. The monoisotopic (exact) mass is 314 g/mol. The van der Waals surface area contributed by atoms with Gasteiger partial charge in [-0.25, -0.2) is 4.68 Å². The largest absolute Gasteiger partial charge is 0.389 e. The van der Waals surface area contributed by atoms with Crippen LogP contribution in [0.5, 0.6) is 0 Å². The summed E-state index contributed by atoms with van der Waals surface area (Å²) in [5.41, 5.74) is 1.92. The Morgan fingerprint density at radius 2 is 2.00 bits per heavy atom. The van der Waals surface area contributed by atoms with Gasteiger partial charge in [0.1, 0.15) is 0 Å². The molecule has 4 heteroatoms. The minimum absolute atomic E-state index is 0.420. The highest BCUT2D eigenvalue weighted by atomic mass is 127. The molecule has 1 N–H and O–H groups in total. The number of aromatic nitrogens is 2. The van der Waals surface area contributed by atoms with Crippen molar-refractivity contribution in [2.75, 3.05) is 0 Å². The predicted octanol–water partition coefficient (Wildman–Crippen LogP) is 2.53. The van der Waals surface area contributed by atoms with E-state index in [2.05, 4.69) is 27.7 Å². The highest BCUT2D eigenvalue weighted by Gasteiger charge is 2.02. The Bertz CT molecular complexity index is 448. The van der Waals surface area contributed by atoms with Crippen LogP contribution in [0.4, 0.5) is 0 Å². The summed E-state index contributed by atoms with van der Waals surface area (Å²) < 4.78 is 2.92. The molecule has 1 aromatic carbocycles. The normalized spacial score (nSPS) is 12.7. The second kappa shape index (κ2) is 4.32. The van der Waals surface area contributed by atoms with E-state index in [1.54, 1.807) is 6.92 Å². The molecule has 0 fully saturated rings. The first-order valence-electron chi connectivity index (χ1n) is 4.65. The predicted molar refractivity (Wildman–Crippen MR) is 66.9 cm³/mol. The zero-order valence-corrected chi connectivity index (χ0v) is 10.4. The van der Waals surface area contributed by atoms with Crippen LogP contribution in [0, 0.1) is 3.57 Å². The molecule has 1 unspecified atom stereocenters. The van der Waals surface area contributed by atoms with E-state index in [0.717, 1.165) is 14.8 Å². The van der Waals surface area contributed by atoms with Crippen molar-refractivity contribution in [3.8, 4) is 5.69 Å². The quantitative estimate of drug-likeness (QED) is 0.865. The van der Waals surface area contributed by atoms with Gasteiger partial charge in [-0.3, -0.25) is 0 Å². The van der Waals surface area contributed by atoms with Gasteiger partial charge in [0.25, 0.3) is 0 Å². The Morgan fingerprint density at radius 3 is 2.47 bits per heavy atom. The van der Waals surface area contributed by atoms with E-state index in [1.807, 2.05) is 41.3 Å². The average molecular weight is 314 g/mol. The molecule has 1 aromatic heterocycles. The Morgan fingerprint density at radius 1 is 1.33 bits per heavy atom. The molecule has 0 aliphatic heterocycles. The third-order valence-corrected chi connectivity index (χ3v) is 2.75. The summed E-state index contributed by atoms with van der Waals surface area (Å²) >= 11 is 2.22. The van der Waals surface area contributed by atoms with Crippen molar-refractivity contribution in [3.63, 3.8) is 0 Å². The number of hydrogen-bond donors (Lipinski definition) is 1. The van der Waals surface area contributed by atoms with E-state index in [1.165, 1.54) is 0 Å². The van der Waals surface area contributed by atoms with Crippen LogP contribution in [0.2, 0.25) is 0 Å². The molecule has 3 nitrogen and oxygen atoms in total. The van der Waals surface area contributed by atoms with Gasteiger partial charge in [-0.1, -0.05) is 12.1 Å². The molecule has 1 heterocycles. The Labute approximate surface area is 102 Å². The van der Waals surface area contributed by atoms with Crippen molar-refractivity contribution in [1.82, 2.24) is 9.78 Å². The maximum Gasteiger partial charge on any atom is 0.0761 e. The molecular weight excluding hydrogens is 303 g/mol. The highest BCUT2D eigenvalue weighted by Crippen LogP contribution is 2.15. The van der Waals surface area contributed by atoms with E-state index < -0.39 is 6.10 Å². The standard InChI is InChI=1S/C11H11IN2O/c1-8(15)9-2-4-11(5-3-9)14-7-10(12)6-13-14/h2-8,15H,1H3. The molecule has 0 aliphatic rings. The zero-order valence-electron chi connectivity index (χ0n) is 8.26. The third-order valence-electron chi connectivity index (χ3n) is 2.19. The third kappa shape index (κ3) is 2.38. The Balaban J connectivity index is 2.31. The second-order valence-corrected chi connectivity index (χ2v) is 4.62. The van der Waals surface area contributed by atoms with Crippen LogP contribution in [-0.4, -0.2) is 14.9 Å². The van der Waals surface area contributed by atoms with Gasteiger partial charge in [-0.05, 0) is 47.2 Å². The Hall–Kier alpha value is -0.880. The van der Waals surface area contributed by atoms with Crippen molar-refractivity contribution < 1.29 is 5.11 Å². The summed E-state index contributed by atoms with van der Waals surface area (Å²) in [5.74, 6) is 0. The minimum Gasteiger partial charge on any atom is -0.389 e. The molecule has 15 heavy (non-hydrogen) atoms. The van der Waals surface area contributed by atoms with Gasteiger partial charge in [-0.15, -0.1) is 0 Å². The fourth-order valence-corrected chi connectivity index (χ4v) is 1.74. The van der Waals surface area contributed by atoms with Crippen LogP contribution in [0.15, 0.2) is 36.7 Å². The van der Waals surface area contributed by atoms with E-state index in [9.17, 15) is 5.11 Å². The van der Waals surface area contributed by atoms with Gasteiger partial charge in [-0.2, -0.15) is 5.10 Å². The smallest absolute Gasteiger partial charge is 0.0761 e. The molecule has 0 spiro atoms. The van der Waals surface area contributed by atoms with E-state index >= 15 is 0 Å². The first kappa shape index (κ1) is 10.6. The number of rotatable bonds is 2. The first-order chi connectivity index (χ1) is 7.16. The first-order valence-corrected chi connectivity index (χ1v) is 5.73. The number of nitrogens with zero attached hydrogens (tertiary/aromatic N) is 2. The maximum absolute atomic E-state index is 9.37. The molecule has 0 aliphatic carbocycles. The molecule has 0 saturated heterocycles. The minimum atomic E-state index is -0.420. The lowest BCUT2D eigenvalue weighted by Gasteiger charge is -2.06. The van der Waals surface area contributed by atoms with E-state index in [-0.39, 0.29) is 0 Å². The fraction of sp³-hybridized carbons (Fsp3) is 0.182. The fourth-order valence-electron chi connectivity index (χ4n) is 1.35. The lowest BCUT2D eigenvalue weighted by molar-refractivity contribution is 0.199. The molecule has 2 aromatic rings. The van der Waals surface area contributed by atoms with Gasteiger partial charge in [0.2, 0.25) is 0 Å². The van der Waals surface area contributed by atoms with Crippen LogP contribution in [0.25, 0.3) is 5.69 Å². The highest BCUT2D eigenvalue weighted by molar-refractivity contribution is 14.1. The summed E-state index contributed by atoms with van der Waals surface area (Å²) in [6.07, 6.45) is 3.35. The van der Waals surface area contributed by atoms with Gasteiger partial charge < -0.3 is 5.11 Å². The summed E-state index contributed by atoms with van der Waals surface area (Å²) in [6.45, 7) is 1.76. The van der Waals surface area contributed by atoms with Crippen molar-refractivity contribution in [3.05, 3.63) is 45.8 Å². The summed E-state index contributed by atoms with van der Waals surface area (Å²) in [7, 11) is 0. The lowest BCUT2D eigenvalue weighted by atomic mass is 10.1. The second-order valence-electron chi connectivity index (χ2n) is 3.37. The van der Waals surface area contributed by atoms with Gasteiger partial charge in [0, 0.05) is 6.20 Å². The molecular formula is C11H11IN2O. The van der Waals surface area contributed by atoms with Crippen molar-refractivity contribution in [2.45, 2.75) is 13.0 Å². The summed E-state index contributed by atoms with van der Waals surface area (Å²) in [4.78, 5) is 0. The topological polar surface area (TPSA) is 38.0 Å². The molecule has 0 bridgehead atoms. The number of aliphatic hydroxyl groups excluding tert-OH is 1. The lowest BCUT2D eigenvalue weighted by Crippen LogP contribution is -1.96. The van der Waals surface area contributed by atoms with Crippen molar-refractivity contribution in [1.29, 1.82) is 0 Å². The maximum atomic E-state index is 9.37. The molecule has 78 valence electrons. The van der Waals surface area contributed by atoms with Gasteiger partial charge in [0.05, 0.1) is 21.6 Å². The van der Waals surface area contributed by atoms with E-state index in [0.29, 0.717) is 0 Å².